The molecule has 1 saturated carbocycles. The van der Waals surface area contributed by atoms with E-state index < -0.39 is 23.4 Å². The van der Waals surface area contributed by atoms with Gasteiger partial charge in [0.1, 0.15) is 6.61 Å². The van der Waals surface area contributed by atoms with E-state index in [0.29, 0.717) is 19.4 Å². The minimum atomic E-state index is -0.795. The molecule has 35 heavy (non-hydrogen) atoms. The molecular weight excluding hydrogens is 444 g/mol. The summed E-state index contributed by atoms with van der Waals surface area (Å²) in [6.45, 7) is 4.36. The van der Waals surface area contributed by atoms with Gasteiger partial charge in [-0.1, -0.05) is 68.8 Å². The molecule has 186 valence electrons. The fourth-order valence-corrected chi connectivity index (χ4v) is 5.28. The van der Waals surface area contributed by atoms with Crippen LogP contribution in [0.4, 0.5) is 4.79 Å². The van der Waals surface area contributed by atoms with Gasteiger partial charge in [-0.3, -0.25) is 9.59 Å². The lowest BCUT2D eigenvalue weighted by Gasteiger charge is -2.29. The molecule has 0 spiro atoms. The Morgan fingerprint density at radius 2 is 1.63 bits per heavy atom. The van der Waals surface area contributed by atoms with E-state index in [1.54, 1.807) is 0 Å². The zero-order chi connectivity index (χ0) is 25.0. The number of carbonyl (C=O) groups excluding carboxylic acids is 2. The normalized spacial score (nSPS) is 19.4. The van der Waals surface area contributed by atoms with Crippen molar-refractivity contribution < 1.29 is 24.2 Å². The Kier molecular flexibility index (Phi) is 7.43. The highest BCUT2D eigenvalue weighted by molar-refractivity contribution is 5.79. The van der Waals surface area contributed by atoms with Crippen LogP contribution < -0.4 is 10.6 Å². The third kappa shape index (κ3) is 6.02. The van der Waals surface area contributed by atoms with Crippen LogP contribution in [0, 0.1) is 11.3 Å². The number of nitrogens with one attached hydrogen (secondary N) is 2. The van der Waals surface area contributed by atoms with Crippen LogP contribution in [0.5, 0.6) is 0 Å². The highest BCUT2D eigenvalue weighted by atomic mass is 16.5. The maximum Gasteiger partial charge on any atom is 0.407 e. The molecule has 2 aromatic rings. The summed E-state index contributed by atoms with van der Waals surface area (Å²) < 4.78 is 5.59. The minimum Gasteiger partial charge on any atom is -0.481 e. The quantitative estimate of drug-likeness (QED) is 0.510. The van der Waals surface area contributed by atoms with E-state index >= 15 is 0 Å². The van der Waals surface area contributed by atoms with Gasteiger partial charge in [-0.05, 0) is 46.9 Å². The number of alkyl carbamates (subject to hydrolysis) is 1. The van der Waals surface area contributed by atoms with Crippen LogP contribution in [0.3, 0.4) is 0 Å². The van der Waals surface area contributed by atoms with Gasteiger partial charge >= 0.3 is 12.1 Å². The summed E-state index contributed by atoms with van der Waals surface area (Å²) >= 11 is 0. The molecule has 0 radical (unpaired) electrons. The first-order chi connectivity index (χ1) is 16.7. The number of rotatable bonds is 8. The number of hydrogen-bond acceptors (Lipinski definition) is 4. The maximum atomic E-state index is 12.6. The molecule has 0 bridgehead atoms. The smallest absolute Gasteiger partial charge is 0.407 e. The van der Waals surface area contributed by atoms with Crippen LogP contribution in [-0.4, -0.2) is 42.3 Å². The highest BCUT2D eigenvalue weighted by Crippen LogP contribution is 2.44. The summed E-state index contributed by atoms with van der Waals surface area (Å²) in [4.78, 5) is 36.3. The first kappa shape index (κ1) is 24.8. The van der Waals surface area contributed by atoms with Gasteiger partial charge in [0.2, 0.25) is 5.91 Å². The summed E-state index contributed by atoms with van der Waals surface area (Å²) in [7, 11) is 0. The van der Waals surface area contributed by atoms with Gasteiger partial charge in [0.05, 0.1) is 5.92 Å². The van der Waals surface area contributed by atoms with Crippen molar-refractivity contribution >= 4 is 18.0 Å². The molecule has 2 aromatic carbocycles. The molecule has 0 heterocycles. The Bertz CT molecular complexity index is 1050. The lowest BCUT2D eigenvalue weighted by Crippen LogP contribution is -2.43. The van der Waals surface area contributed by atoms with Crippen molar-refractivity contribution in [2.75, 3.05) is 13.2 Å². The zero-order valence-corrected chi connectivity index (χ0v) is 20.4. The highest BCUT2D eigenvalue weighted by Gasteiger charge is 2.31. The van der Waals surface area contributed by atoms with Gasteiger partial charge in [0, 0.05) is 24.9 Å². The SMILES string of the molecule is CC(C)(CNC(=O)OCC1c2ccccc2-c2ccccc21)CC(=O)N[C@@H]1CCC[C@@H](C(=O)O)C1. The molecule has 2 aliphatic rings. The number of carboxylic acids is 1. The molecule has 0 saturated heterocycles. The Labute approximate surface area is 206 Å². The van der Waals surface area contributed by atoms with E-state index in [1.165, 1.54) is 11.1 Å². The van der Waals surface area contributed by atoms with Crippen LogP contribution in [0.25, 0.3) is 11.1 Å². The Balaban J connectivity index is 1.25. The molecule has 4 rings (SSSR count). The van der Waals surface area contributed by atoms with Crippen molar-refractivity contribution in [2.45, 2.75) is 57.9 Å². The van der Waals surface area contributed by atoms with Gasteiger partial charge in [-0.25, -0.2) is 4.79 Å². The number of benzene rings is 2. The second-order valence-electron chi connectivity index (χ2n) is 10.5. The van der Waals surface area contributed by atoms with Gasteiger partial charge in [0.25, 0.3) is 0 Å². The van der Waals surface area contributed by atoms with Gasteiger partial charge in [-0.15, -0.1) is 0 Å². The summed E-state index contributed by atoms with van der Waals surface area (Å²) in [5.41, 5.74) is 4.20. The molecule has 2 aliphatic carbocycles. The Morgan fingerprint density at radius 3 is 2.26 bits per heavy atom. The first-order valence-corrected chi connectivity index (χ1v) is 12.3. The number of carbonyl (C=O) groups is 3. The maximum absolute atomic E-state index is 12.6. The second kappa shape index (κ2) is 10.5. The van der Waals surface area contributed by atoms with E-state index in [2.05, 4.69) is 34.9 Å². The van der Waals surface area contributed by atoms with Crippen LogP contribution >= 0.6 is 0 Å². The molecule has 2 atom stereocenters. The molecule has 0 aromatic heterocycles. The van der Waals surface area contributed by atoms with Crippen molar-refractivity contribution in [3.8, 4) is 11.1 Å². The van der Waals surface area contributed by atoms with Gasteiger partial charge < -0.3 is 20.5 Å². The fourth-order valence-electron chi connectivity index (χ4n) is 5.28. The summed E-state index contributed by atoms with van der Waals surface area (Å²) in [5, 5.41) is 15.0. The number of fused-ring (bicyclic) bond motifs is 3. The Morgan fingerprint density at radius 1 is 1.00 bits per heavy atom. The van der Waals surface area contributed by atoms with E-state index in [4.69, 9.17) is 4.74 Å². The van der Waals surface area contributed by atoms with Crippen LogP contribution in [-0.2, 0) is 14.3 Å². The van der Waals surface area contributed by atoms with Gasteiger partial charge in [0.15, 0.2) is 0 Å². The molecule has 0 unspecified atom stereocenters. The van der Waals surface area contributed by atoms with E-state index in [-0.39, 0.29) is 30.9 Å². The average molecular weight is 479 g/mol. The number of ether oxygens (including phenoxy) is 1. The summed E-state index contributed by atoms with van der Waals surface area (Å²) in [5.74, 6) is -1.31. The molecule has 0 aliphatic heterocycles. The number of aliphatic carboxylic acids is 1. The standard InChI is InChI=1S/C28H34N2O5/c1-28(2,15-25(31)30-19-9-7-8-18(14-19)26(32)33)17-29-27(34)35-16-24-22-12-5-3-10-20(22)21-11-4-6-13-23(21)24/h3-6,10-13,18-19,24H,7-9,14-17H2,1-2H3,(H,29,34)(H,30,31)(H,32,33)/t18-,19-/m1/s1. The molecule has 2 amide bonds. The summed E-state index contributed by atoms with van der Waals surface area (Å²) in [6, 6.07) is 16.3. The average Bonchev–Trinajstić information content (AvgIpc) is 3.15. The lowest BCUT2D eigenvalue weighted by atomic mass is 9.85. The predicted molar refractivity (Wildman–Crippen MR) is 133 cm³/mol. The summed E-state index contributed by atoms with van der Waals surface area (Å²) in [6.07, 6.45) is 2.46. The molecule has 1 fully saturated rings. The van der Waals surface area contributed by atoms with Crippen molar-refractivity contribution in [2.24, 2.45) is 11.3 Å². The number of carboxylic acid groups (broad SMARTS) is 1. The van der Waals surface area contributed by atoms with E-state index in [9.17, 15) is 19.5 Å². The van der Waals surface area contributed by atoms with Crippen molar-refractivity contribution in [1.82, 2.24) is 10.6 Å². The topological polar surface area (TPSA) is 105 Å². The van der Waals surface area contributed by atoms with Crippen molar-refractivity contribution in [3.05, 3.63) is 59.7 Å². The monoisotopic (exact) mass is 478 g/mol. The van der Waals surface area contributed by atoms with Crippen molar-refractivity contribution in [1.29, 1.82) is 0 Å². The number of amides is 2. The van der Waals surface area contributed by atoms with Crippen LogP contribution in [0.1, 0.15) is 63.0 Å². The first-order valence-electron chi connectivity index (χ1n) is 12.3. The van der Waals surface area contributed by atoms with E-state index in [1.807, 2.05) is 38.1 Å². The minimum absolute atomic E-state index is 0.00272. The lowest BCUT2D eigenvalue weighted by molar-refractivity contribution is -0.143. The molecular formula is C28H34N2O5. The van der Waals surface area contributed by atoms with Crippen LogP contribution in [0.15, 0.2) is 48.5 Å². The second-order valence-corrected chi connectivity index (χ2v) is 10.5. The molecule has 3 N–H and O–H groups in total. The third-order valence-corrected chi connectivity index (χ3v) is 7.08. The van der Waals surface area contributed by atoms with Crippen molar-refractivity contribution in [3.63, 3.8) is 0 Å². The fraction of sp³-hybridized carbons (Fsp3) is 0.464. The molecule has 7 nitrogen and oxygen atoms in total. The largest absolute Gasteiger partial charge is 0.481 e. The van der Waals surface area contributed by atoms with E-state index in [0.717, 1.165) is 24.0 Å². The zero-order valence-electron chi connectivity index (χ0n) is 20.4. The van der Waals surface area contributed by atoms with Crippen LogP contribution in [0.2, 0.25) is 0 Å². The third-order valence-electron chi connectivity index (χ3n) is 7.08. The Hall–Kier alpha value is -3.35. The van der Waals surface area contributed by atoms with Gasteiger partial charge in [-0.2, -0.15) is 0 Å². The molecule has 7 heteroatoms. The predicted octanol–water partition coefficient (Wildman–Crippen LogP) is 4.70. The number of hydrogen-bond donors (Lipinski definition) is 3.